The van der Waals surface area contributed by atoms with E-state index in [-0.39, 0.29) is 38.6 Å². The zero-order chi connectivity index (χ0) is 67.5. The molecule has 93 heavy (non-hydrogen) atoms. The quantitative estimate of drug-likeness (QED) is 0.0195. The molecule has 0 fully saturated rings. The predicted molar refractivity (Wildman–Crippen MR) is 398 cm³/mol. The molecule has 0 spiro atoms. The molecule has 9 nitrogen and oxygen atoms in total. The molecule has 0 amide bonds. The molecule has 0 saturated heterocycles. The number of esters is 2. The maximum absolute atomic E-state index is 12.9. The molecular weight excluding hydrogens is 1150 g/mol. The molecule has 0 saturated carbocycles. The Morgan fingerprint density at radius 3 is 0.914 bits per heavy atom. The molecular formula is C84H143NO8. The number of carbonyl (C=O) groups excluding carboxylic acids is 3. The highest BCUT2D eigenvalue weighted by molar-refractivity contribution is 5.70. The van der Waals surface area contributed by atoms with Crippen LogP contribution < -0.4 is 5.11 Å². The van der Waals surface area contributed by atoms with Crippen LogP contribution >= 0.6 is 0 Å². The first-order chi connectivity index (χ1) is 45.6. The molecule has 0 bridgehead atoms. The second-order valence-corrected chi connectivity index (χ2v) is 26.6. The van der Waals surface area contributed by atoms with Gasteiger partial charge in [0.05, 0.1) is 40.3 Å². The van der Waals surface area contributed by atoms with Crippen molar-refractivity contribution < 1.29 is 42.9 Å². The highest BCUT2D eigenvalue weighted by atomic mass is 16.7. The smallest absolute Gasteiger partial charge is 0.306 e. The minimum Gasteiger partial charge on any atom is -0.545 e. The number of carboxylic acids is 1. The van der Waals surface area contributed by atoms with Gasteiger partial charge in [0.1, 0.15) is 13.2 Å². The summed E-state index contributed by atoms with van der Waals surface area (Å²) >= 11 is 0. The minimum atomic E-state index is -1.64. The Morgan fingerprint density at radius 2 is 0.613 bits per heavy atom. The van der Waals surface area contributed by atoms with Crippen molar-refractivity contribution in [3.8, 4) is 0 Å². The van der Waals surface area contributed by atoms with Crippen LogP contribution in [0.5, 0.6) is 0 Å². The van der Waals surface area contributed by atoms with Crippen LogP contribution in [0.25, 0.3) is 0 Å². The minimum absolute atomic E-state index is 0.137. The van der Waals surface area contributed by atoms with E-state index in [0.717, 1.165) is 109 Å². The summed E-state index contributed by atoms with van der Waals surface area (Å²) in [7, 11) is 5.92. The Morgan fingerprint density at radius 1 is 0.333 bits per heavy atom. The number of aliphatic carboxylic acids is 1. The monoisotopic (exact) mass is 1290 g/mol. The van der Waals surface area contributed by atoms with E-state index in [2.05, 4.69) is 148 Å². The van der Waals surface area contributed by atoms with Gasteiger partial charge >= 0.3 is 11.9 Å². The van der Waals surface area contributed by atoms with Gasteiger partial charge in [-0.05, 0) is 116 Å². The summed E-state index contributed by atoms with van der Waals surface area (Å²) < 4.78 is 22.8. The summed E-state index contributed by atoms with van der Waals surface area (Å²) in [6.45, 7) is 4.61. The number of allylic oxidation sites excluding steroid dienone is 22. The molecule has 532 valence electrons. The van der Waals surface area contributed by atoms with Crippen molar-refractivity contribution >= 4 is 17.9 Å². The third-order valence-corrected chi connectivity index (χ3v) is 16.4. The van der Waals surface area contributed by atoms with E-state index in [4.69, 9.17) is 18.9 Å². The van der Waals surface area contributed by atoms with Crippen molar-refractivity contribution in [1.29, 1.82) is 0 Å². The van der Waals surface area contributed by atoms with Crippen molar-refractivity contribution in [1.82, 2.24) is 0 Å². The molecule has 2 unspecified atom stereocenters. The van der Waals surface area contributed by atoms with Crippen molar-refractivity contribution in [2.75, 3.05) is 47.5 Å². The third-order valence-electron chi connectivity index (χ3n) is 16.4. The van der Waals surface area contributed by atoms with Crippen LogP contribution in [0.2, 0.25) is 0 Å². The number of carboxylic acid groups (broad SMARTS) is 1. The summed E-state index contributed by atoms with van der Waals surface area (Å²) in [5.41, 5.74) is 0. The summed E-state index contributed by atoms with van der Waals surface area (Å²) in [6.07, 6.45) is 103. The summed E-state index contributed by atoms with van der Waals surface area (Å²) in [6, 6.07) is 0. The van der Waals surface area contributed by atoms with Crippen LogP contribution in [0.4, 0.5) is 0 Å². The van der Waals surface area contributed by atoms with Gasteiger partial charge in [-0.1, -0.05) is 327 Å². The van der Waals surface area contributed by atoms with Crippen LogP contribution in [0.1, 0.15) is 322 Å². The number of ether oxygens (including phenoxy) is 4. The van der Waals surface area contributed by atoms with E-state index in [1.807, 2.05) is 21.1 Å². The van der Waals surface area contributed by atoms with Gasteiger partial charge in [-0.25, -0.2) is 0 Å². The van der Waals surface area contributed by atoms with Crippen molar-refractivity contribution in [2.45, 2.75) is 334 Å². The second-order valence-electron chi connectivity index (χ2n) is 26.6. The van der Waals surface area contributed by atoms with E-state index < -0.39 is 24.3 Å². The molecule has 0 rings (SSSR count). The number of nitrogens with zero attached hydrogens (tertiary/aromatic N) is 1. The average molecular weight is 1300 g/mol. The summed E-state index contributed by atoms with van der Waals surface area (Å²) in [5.74, 6) is -2.32. The van der Waals surface area contributed by atoms with Crippen LogP contribution in [0.15, 0.2) is 134 Å². The average Bonchev–Trinajstić information content (AvgIpc) is 3.74. The van der Waals surface area contributed by atoms with Crippen LogP contribution in [0, 0.1) is 0 Å². The maximum Gasteiger partial charge on any atom is 0.306 e. The lowest BCUT2D eigenvalue weighted by Gasteiger charge is -2.26. The zero-order valence-corrected chi connectivity index (χ0v) is 60.8. The molecule has 0 aliphatic rings. The number of quaternary nitrogens is 1. The summed E-state index contributed by atoms with van der Waals surface area (Å²) in [5, 5.41) is 11.8. The zero-order valence-electron chi connectivity index (χ0n) is 60.8. The highest BCUT2D eigenvalue weighted by Crippen LogP contribution is 2.18. The van der Waals surface area contributed by atoms with Crippen LogP contribution in [-0.2, 0) is 33.3 Å². The van der Waals surface area contributed by atoms with Crippen LogP contribution in [0.3, 0.4) is 0 Å². The third kappa shape index (κ3) is 74.7. The van der Waals surface area contributed by atoms with E-state index in [9.17, 15) is 19.5 Å². The predicted octanol–water partition coefficient (Wildman–Crippen LogP) is 23.1. The van der Waals surface area contributed by atoms with E-state index >= 15 is 0 Å². The van der Waals surface area contributed by atoms with Gasteiger partial charge in [0.25, 0.3) is 0 Å². The SMILES string of the molecule is CC/C=C\C/C=C\C/C=C\C/C=C\C/C=C\C/C=C\C/C=C\C/C=C\CCCCCCC(=O)OC(COC(=O)CCCCCCCCCCCCCCCCCCCCCCCCCC/C=C\C/C=C\C/C=C\CCCCCCC)COC(OCC[N+](C)(C)C)C(=O)[O-]. The Bertz CT molecular complexity index is 2000. The lowest BCUT2D eigenvalue weighted by Crippen LogP contribution is -2.44. The largest absolute Gasteiger partial charge is 0.545 e. The first-order valence-corrected chi connectivity index (χ1v) is 38.3. The molecule has 0 aliphatic carbocycles. The Balaban J connectivity index is 4.08. The van der Waals surface area contributed by atoms with Crippen LogP contribution in [-0.4, -0.2) is 82.3 Å². The van der Waals surface area contributed by atoms with Crippen molar-refractivity contribution in [3.05, 3.63) is 134 Å². The number of hydrogen-bond acceptors (Lipinski definition) is 8. The van der Waals surface area contributed by atoms with E-state index in [1.165, 1.54) is 180 Å². The van der Waals surface area contributed by atoms with Gasteiger partial charge in [0.2, 0.25) is 0 Å². The molecule has 0 aliphatic heterocycles. The number of unbranched alkanes of at least 4 members (excludes halogenated alkanes) is 33. The van der Waals surface area contributed by atoms with E-state index in [0.29, 0.717) is 17.4 Å². The number of likely N-dealkylation sites (N-methyl/N-ethyl adjacent to an activating group) is 1. The molecule has 0 aromatic carbocycles. The van der Waals surface area contributed by atoms with Gasteiger partial charge in [0.15, 0.2) is 12.4 Å². The molecule has 9 heteroatoms. The normalized spacial score (nSPS) is 13.4. The summed E-state index contributed by atoms with van der Waals surface area (Å²) in [4.78, 5) is 37.5. The Kier molecular flexibility index (Phi) is 69.6. The number of carbonyl (C=O) groups is 3. The van der Waals surface area contributed by atoms with Crippen molar-refractivity contribution in [2.24, 2.45) is 0 Å². The maximum atomic E-state index is 12.9. The number of hydrogen-bond donors (Lipinski definition) is 0. The van der Waals surface area contributed by atoms with Gasteiger partial charge in [0, 0.05) is 12.8 Å². The van der Waals surface area contributed by atoms with Gasteiger partial charge in [-0.3, -0.25) is 9.59 Å². The molecule has 0 aromatic rings. The first-order valence-electron chi connectivity index (χ1n) is 38.3. The second kappa shape index (κ2) is 73.2. The van der Waals surface area contributed by atoms with Gasteiger partial charge < -0.3 is 33.3 Å². The Labute approximate surface area is 573 Å². The van der Waals surface area contributed by atoms with Crippen molar-refractivity contribution in [3.63, 3.8) is 0 Å². The standard InChI is InChI=1S/C84H143NO8/c1-6-8-10-12-14-16-18-20-22-24-26-28-30-32-34-36-37-38-39-40-41-42-43-44-45-47-48-50-52-54-56-58-60-62-64-66-68-70-72-74-81(86)91-78-80(79-92-84(83(88)89)90-77-76-85(3,4)5)93-82(87)75-73-71-69-67-65-63-61-59-57-55-53-51-49-46-35-33-31-29-27-25-23-21-19-17-15-13-11-9-7-2/h9,11,15,17-18,20-21,23-24,26-27,29-30,32-33,35,49,51,55,57,61,63,80,84H,6-8,10,12-14,16,19,22,25,28,31,34,36-48,50,52-54,56,58-60,62,64-79H2,1-5H3/b11-9-,17-15-,20-18-,23-21-,26-24-,29-27-,32-30-,35-33-,51-49-,57-55-,63-61-. The molecule has 0 radical (unpaired) electrons. The number of rotatable bonds is 70. The Hall–Kier alpha value is -4.57. The first kappa shape index (κ1) is 88.4. The molecule has 0 heterocycles. The molecule has 0 aromatic heterocycles. The lowest BCUT2D eigenvalue weighted by atomic mass is 10.0. The topological polar surface area (TPSA) is 111 Å². The molecule has 0 N–H and O–H groups in total. The van der Waals surface area contributed by atoms with Gasteiger partial charge in [-0.15, -0.1) is 0 Å². The fraction of sp³-hybridized carbons (Fsp3) is 0.702. The fourth-order valence-corrected chi connectivity index (χ4v) is 10.6. The fourth-order valence-electron chi connectivity index (χ4n) is 10.6. The van der Waals surface area contributed by atoms with Gasteiger partial charge in [-0.2, -0.15) is 0 Å². The molecule has 2 atom stereocenters. The lowest BCUT2D eigenvalue weighted by molar-refractivity contribution is -0.870. The highest BCUT2D eigenvalue weighted by Gasteiger charge is 2.22. The van der Waals surface area contributed by atoms with E-state index in [1.54, 1.807) is 0 Å².